The Kier molecular flexibility index (Phi) is 6.67. The second-order valence-electron chi connectivity index (χ2n) is 7.66. The molecule has 0 radical (unpaired) electrons. The van der Waals surface area contributed by atoms with Crippen LogP contribution < -0.4 is 10.6 Å². The number of hydrogen-bond donors (Lipinski definition) is 2. The van der Waals surface area contributed by atoms with E-state index in [4.69, 9.17) is 0 Å². The van der Waals surface area contributed by atoms with E-state index in [1.54, 1.807) is 0 Å². The highest BCUT2D eigenvalue weighted by Crippen LogP contribution is 2.13. The highest BCUT2D eigenvalue weighted by Gasteiger charge is 2.09. The number of amides is 2. The van der Waals surface area contributed by atoms with E-state index in [1.165, 1.54) is 0 Å². The lowest BCUT2D eigenvalue weighted by Crippen LogP contribution is -2.37. The molecule has 2 aromatic carbocycles. The normalized spacial score (nSPS) is 10.7. The zero-order valence-electron chi connectivity index (χ0n) is 18.0. The van der Waals surface area contributed by atoms with Gasteiger partial charge in [-0.3, -0.25) is 9.59 Å². The van der Waals surface area contributed by atoms with E-state index in [0.717, 1.165) is 33.8 Å². The van der Waals surface area contributed by atoms with E-state index in [-0.39, 0.29) is 18.4 Å². The number of benzene rings is 2. The van der Waals surface area contributed by atoms with Gasteiger partial charge < -0.3 is 10.6 Å². The third kappa shape index (κ3) is 5.56. The van der Waals surface area contributed by atoms with Crippen LogP contribution in [-0.2, 0) is 11.2 Å². The molecule has 0 saturated heterocycles. The van der Waals surface area contributed by atoms with Crippen molar-refractivity contribution in [3.8, 4) is 5.69 Å². The summed E-state index contributed by atoms with van der Waals surface area (Å²) in [6.45, 7) is 8.37. The van der Waals surface area contributed by atoms with Crippen molar-refractivity contribution < 1.29 is 9.59 Å². The van der Waals surface area contributed by atoms with Gasteiger partial charge in [-0.2, -0.15) is 5.10 Å². The molecule has 2 N–H and O–H groups in total. The SMILES string of the molecule is Cc1cc(C)cc(C(=O)NCC(=O)NCCc2ccc(-n3nc(C)cc3C)cc2)c1. The number of nitrogens with zero attached hydrogens (tertiary/aromatic N) is 2. The number of nitrogens with one attached hydrogen (secondary N) is 2. The Hall–Kier alpha value is -3.41. The molecule has 0 saturated carbocycles. The van der Waals surface area contributed by atoms with Crippen molar-refractivity contribution in [1.29, 1.82) is 0 Å². The zero-order chi connectivity index (χ0) is 21.7. The number of aromatic nitrogens is 2. The Morgan fingerprint density at radius 3 is 2.17 bits per heavy atom. The molecule has 0 atom stereocenters. The predicted molar refractivity (Wildman–Crippen MR) is 118 cm³/mol. The van der Waals surface area contributed by atoms with E-state index in [2.05, 4.69) is 15.7 Å². The Labute approximate surface area is 177 Å². The van der Waals surface area contributed by atoms with Crippen LogP contribution in [-0.4, -0.2) is 34.7 Å². The molecule has 30 heavy (non-hydrogen) atoms. The van der Waals surface area contributed by atoms with E-state index >= 15 is 0 Å². The fourth-order valence-corrected chi connectivity index (χ4v) is 3.47. The lowest BCUT2D eigenvalue weighted by atomic mass is 10.1. The summed E-state index contributed by atoms with van der Waals surface area (Å²) in [6, 6.07) is 15.8. The molecule has 156 valence electrons. The van der Waals surface area contributed by atoms with Gasteiger partial charge in [-0.15, -0.1) is 0 Å². The van der Waals surface area contributed by atoms with Crippen LogP contribution in [0.3, 0.4) is 0 Å². The van der Waals surface area contributed by atoms with Crippen LogP contribution in [0.5, 0.6) is 0 Å². The van der Waals surface area contributed by atoms with Crippen molar-refractivity contribution in [2.45, 2.75) is 34.1 Å². The van der Waals surface area contributed by atoms with Crippen molar-refractivity contribution in [2.24, 2.45) is 0 Å². The molecular weight excluding hydrogens is 376 g/mol. The summed E-state index contributed by atoms with van der Waals surface area (Å²) in [5, 5.41) is 10.0. The molecule has 1 aromatic heterocycles. The molecule has 1 heterocycles. The van der Waals surface area contributed by atoms with Gasteiger partial charge in [-0.1, -0.05) is 29.3 Å². The van der Waals surface area contributed by atoms with Crippen LogP contribution in [0.15, 0.2) is 48.5 Å². The summed E-state index contributed by atoms with van der Waals surface area (Å²) in [6.07, 6.45) is 0.716. The number of hydrogen-bond acceptors (Lipinski definition) is 3. The van der Waals surface area contributed by atoms with Gasteiger partial charge in [0.05, 0.1) is 17.9 Å². The molecule has 2 amide bonds. The van der Waals surface area contributed by atoms with E-state index < -0.39 is 0 Å². The molecule has 6 nitrogen and oxygen atoms in total. The topological polar surface area (TPSA) is 76.0 Å². The Morgan fingerprint density at radius 1 is 0.900 bits per heavy atom. The van der Waals surface area contributed by atoms with Crippen LogP contribution in [0, 0.1) is 27.7 Å². The first-order chi connectivity index (χ1) is 14.3. The van der Waals surface area contributed by atoms with Crippen molar-refractivity contribution in [3.63, 3.8) is 0 Å². The molecule has 6 heteroatoms. The molecule has 3 aromatic rings. The number of aryl methyl sites for hydroxylation is 4. The molecule has 0 aliphatic heterocycles. The minimum absolute atomic E-state index is 0.0390. The number of carbonyl (C=O) groups excluding carboxylic acids is 2. The smallest absolute Gasteiger partial charge is 0.251 e. The summed E-state index contributed by atoms with van der Waals surface area (Å²) in [5.74, 6) is -0.441. The Balaban J connectivity index is 1.44. The maximum absolute atomic E-state index is 12.2. The van der Waals surface area contributed by atoms with E-state index in [1.807, 2.05) is 80.9 Å². The summed E-state index contributed by atoms with van der Waals surface area (Å²) in [5.41, 5.74) is 6.84. The summed E-state index contributed by atoms with van der Waals surface area (Å²) >= 11 is 0. The molecule has 0 bridgehead atoms. The van der Waals surface area contributed by atoms with Crippen molar-refractivity contribution in [1.82, 2.24) is 20.4 Å². The minimum atomic E-state index is -0.239. The van der Waals surface area contributed by atoms with Crippen LogP contribution in [0.4, 0.5) is 0 Å². The summed E-state index contributed by atoms with van der Waals surface area (Å²) in [4.78, 5) is 24.3. The fourth-order valence-electron chi connectivity index (χ4n) is 3.47. The van der Waals surface area contributed by atoms with E-state index in [0.29, 0.717) is 18.5 Å². The van der Waals surface area contributed by atoms with Gasteiger partial charge in [0.1, 0.15) is 0 Å². The highest BCUT2D eigenvalue weighted by atomic mass is 16.2. The second-order valence-corrected chi connectivity index (χ2v) is 7.66. The van der Waals surface area contributed by atoms with Crippen LogP contribution in [0.25, 0.3) is 5.69 Å². The Bertz CT molecular complexity index is 1030. The van der Waals surface area contributed by atoms with Crippen molar-refractivity contribution in [2.75, 3.05) is 13.1 Å². The Morgan fingerprint density at radius 2 is 1.57 bits per heavy atom. The minimum Gasteiger partial charge on any atom is -0.354 e. The van der Waals surface area contributed by atoms with Gasteiger partial charge in [-0.05, 0) is 70.0 Å². The lowest BCUT2D eigenvalue weighted by molar-refractivity contribution is -0.120. The molecule has 0 unspecified atom stereocenters. The standard InChI is InChI=1S/C24H28N4O2/c1-16-11-17(2)13-21(12-16)24(30)26-15-23(29)25-10-9-20-5-7-22(8-6-20)28-19(4)14-18(3)27-28/h5-8,11-14H,9-10,15H2,1-4H3,(H,25,29)(H,26,30). The van der Waals surface area contributed by atoms with Crippen molar-refractivity contribution in [3.05, 3.63) is 82.2 Å². The van der Waals surface area contributed by atoms with Gasteiger partial charge in [-0.25, -0.2) is 4.68 Å². The van der Waals surface area contributed by atoms with E-state index in [9.17, 15) is 9.59 Å². The first-order valence-corrected chi connectivity index (χ1v) is 10.1. The maximum atomic E-state index is 12.2. The first-order valence-electron chi connectivity index (χ1n) is 10.1. The van der Waals surface area contributed by atoms with Gasteiger partial charge in [0, 0.05) is 17.8 Å². The summed E-state index contributed by atoms with van der Waals surface area (Å²) < 4.78 is 1.92. The summed E-state index contributed by atoms with van der Waals surface area (Å²) in [7, 11) is 0. The second kappa shape index (κ2) is 9.39. The lowest BCUT2D eigenvalue weighted by Gasteiger charge is -2.09. The fraction of sp³-hybridized carbons (Fsp3) is 0.292. The van der Waals surface area contributed by atoms with Gasteiger partial charge >= 0.3 is 0 Å². The molecule has 0 aliphatic rings. The largest absolute Gasteiger partial charge is 0.354 e. The third-order valence-corrected chi connectivity index (χ3v) is 4.82. The van der Waals surface area contributed by atoms with Crippen LogP contribution >= 0.6 is 0 Å². The first kappa shape index (κ1) is 21.3. The van der Waals surface area contributed by atoms with Gasteiger partial charge in [0.2, 0.25) is 5.91 Å². The quantitative estimate of drug-likeness (QED) is 0.635. The molecule has 0 aliphatic carbocycles. The molecular formula is C24H28N4O2. The monoisotopic (exact) mass is 404 g/mol. The van der Waals surface area contributed by atoms with Gasteiger partial charge in [0.15, 0.2) is 0 Å². The third-order valence-electron chi connectivity index (χ3n) is 4.82. The highest BCUT2D eigenvalue weighted by molar-refractivity contribution is 5.96. The maximum Gasteiger partial charge on any atom is 0.251 e. The predicted octanol–water partition coefficient (Wildman–Crippen LogP) is 3.19. The number of carbonyl (C=O) groups is 2. The molecule has 0 fully saturated rings. The molecule has 0 spiro atoms. The average molecular weight is 405 g/mol. The average Bonchev–Trinajstić information content (AvgIpc) is 3.04. The zero-order valence-corrected chi connectivity index (χ0v) is 18.0. The van der Waals surface area contributed by atoms with Crippen LogP contribution in [0.1, 0.15) is 38.4 Å². The van der Waals surface area contributed by atoms with Gasteiger partial charge in [0.25, 0.3) is 5.91 Å². The van der Waals surface area contributed by atoms with Crippen molar-refractivity contribution >= 4 is 11.8 Å². The van der Waals surface area contributed by atoms with Crippen LogP contribution in [0.2, 0.25) is 0 Å². The molecule has 3 rings (SSSR count). The number of rotatable bonds is 7.